The number of rotatable bonds is 11. The van der Waals surface area contributed by atoms with Crippen LogP contribution in [-0.2, 0) is 16.4 Å². The fourth-order valence-corrected chi connectivity index (χ4v) is 6.69. The second kappa shape index (κ2) is 11.9. The van der Waals surface area contributed by atoms with Gasteiger partial charge in [-0.05, 0) is 77.4 Å². The third-order valence-corrected chi connectivity index (χ3v) is 8.96. The van der Waals surface area contributed by atoms with Gasteiger partial charge in [0, 0.05) is 37.0 Å². The van der Waals surface area contributed by atoms with Gasteiger partial charge in [0.05, 0.1) is 10.9 Å². The Morgan fingerprint density at radius 1 is 0.974 bits per heavy atom. The number of nitrogens with zero attached hydrogens (tertiary/aromatic N) is 1. The van der Waals surface area contributed by atoms with E-state index in [4.69, 9.17) is 11.6 Å². The van der Waals surface area contributed by atoms with Crippen molar-refractivity contribution in [1.82, 2.24) is 10.2 Å². The average Bonchev–Trinajstić information content (AvgIpc) is 3.67. The minimum Gasteiger partial charge on any atom is -0.313 e. The molecular formula is C31H33ClF2N2O2S. The number of hydrogen-bond acceptors (Lipinski definition) is 4. The third-order valence-electron chi connectivity index (χ3n) is 7.44. The molecule has 1 heterocycles. The molecule has 0 aromatic heterocycles. The Balaban J connectivity index is 1.36. The van der Waals surface area contributed by atoms with Crippen LogP contribution in [0.3, 0.4) is 0 Å². The van der Waals surface area contributed by atoms with Gasteiger partial charge in [-0.1, -0.05) is 60.8 Å². The van der Waals surface area contributed by atoms with Gasteiger partial charge in [-0.15, -0.1) is 0 Å². The lowest BCUT2D eigenvalue weighted by molar-refractivity contribution is 0.203. The Labute approximate surface area is 234 Å². The molecule has 1 unspecified atom stereocenters. The van der Waals surface area contributed by atoms with Gasteiger partial charge < -0.3 is 5.32 Å². The summed E-state index contributed by atoms with van der Waals surface area (Å²) in [5.74, 6) is -0.657. The zero-order chi connectivity index (χ0) is 27.6. The molecule has 8 heteroatoms. The Hall–Kier alpha value is -2.58. The smallest absolute Gasteiger partial charge is 0.176 e. The van der Waals surface area contributed by atoms with E-state index in [0.29, 0.717) is 23.7 Å². The Kier molecular flexibility index (Phi) is 8.52. The molecule has 1 aliphatic heterocycles. The first-order valence-electron chi connectivity index (χ1n) is 13.3. The monoisotopic (exact) mass is 570 g/mol. The van der Waals surface area contributed by atoms with E-state index in [1.54, 1.807) is 0 Å². The summed E-state index contributed by atoms with van der Waals surface area (Å²) in [4.78, 5) is 2.15. The Morgan fingerprint density at radius 3 is 2.13 bits per heavy atom. The molecule has 1 atom stereocenters. The second-order valence-electron chi connectivity index (χ2n) is 10.7. The van der Waals surface area contributed by atoms with Crippen LogP contribution in [0.1, 0.15) is 54.0 Å². The molecule has 1 N–H and O–H groups in total. The van der Waals surface area contributed by atoms with E-state index >= 15 is 0 Å². The maximum Gasteiger partial charge on any atom is 0.176 e. The van der Waals surface area contributed by atoms with Gasteiger partial charge in [0.2, 0.25) is 0 Å². The highest BCUT2D eigenvalue weighted by Crippen LogP contribution is 2.39. The normalized spacial score (nSPS) is 16.7. The molecule has 3 aromatic carbocycles. The summed E-state index contributed by atoms with van der Waals surface area (Å²) in [5, 5.41) is 4.17. The van der Waals surface area contributed by atoms with Crippen molar-refractivity contribution in [3.05, 3.63) is 111 Å². The maximum absolute atomic E-state index is 13.9. The van der Waals surface area contributed by atoms with E-state index in [9.17, 15) is 17.2 Å². The highest BCUT2D eigenvalue weighted by molar-refractivity contribution is 8.00. The summed E-state index contributed by atoms with van der Waals surface area (Å²) >= 11 is 6.15. The van der Waals surface area contributed by atoms with Crippen molar-refractivity contribution in [1.29, 1.82) is 0 Å². The molecule has 3 aromatic rings. The summed E-state index contributed by atoms with van der Waals surface area (Å²) < 4.78 is 53.3. The molecule has 2 aliphatic rings. The van der Waals surface area contributed by atoms with Crippen LogP contribution >= 0.6 is 11.6 Å². The van der Waals surface area contributed by atoms with Gasteiger partial charge in [-0.25, -0.2) is 17.2 Å². The second-order valence-corrected chi connectivity index (χ2v) is 13.1. The van der Waals surface area contributed by atoms with Crippen molar-refractivity contribution in [2.24, 2.45) is 5.92 Å². The third kappa shape index (κ3) is 7.14. The number of hydrogen-bond donors (Lipinski definition) is 1. The maximum atomic E-state index is 13.9. The van der Waals surface area contributed by atoms with Crippen LogP contribution in [0, 0.1) is 17.6 Å². The zero-order valence-corrected chi connectivity index (χ0v) is 23.5. The van der Waals surface area contributed by atoms with E-state index in [1.165, 1.54) is 31.2 Å². The minimum absolute atomic E-state index is 0.00452. The molecule has 39 heavy (non-hydrogen) atoms. The van der Waals surface area contributed by atoms with Crippen LogP contribution in [0.15, 0.2) is 72.3 Å². The molecule has 0 bridgehead atoms. The van der Waals surface area contributed by atoms with E-state index < -0.39 is 21.5 Å². The summed E-state index contributed by atoms with van der Waals surface area (Å²) in [6.07, 6.45) is 6.39. The van der Waals surface area contributed by atoms with Crippen molar-refractivity contribution < 1.29 is 17.2 Å². The lowest BCUT2D eigenvalue weighted by Gasteiger charge is -2.42. The predicted octanol–water partition coefficient (Wildman–Crippen LogP) is 6.76. The Bertz CT molecular complexity index is 1420. The molecule has 1 saturated heterocycles. The quantitative estimate of drug-likeness (QED) is 0.259. The number of likely N-dealkylation sites (tertiary alicyclic amines) is 1. The number of nitrogens with one attached hydrogen (secondary N) is 1. The molecule has 0 radical (unpaired) electrons. The van der Waals surface area contributed by atoms with Crippen LogP contribution in [0.25, 0.3) is 4.91 Å². The molecule has 1 aliphatic carbocycles. The molecule has 5 rings (SSSR count). The van der Waals surface area contributed by atoms with Crippen molar-refractivity contribution in [3.63, 3.8) is 0 Å². The number of benzene rings is 3. The minimum atomic E-state index is -3.72. The van der Waals surface area contributed by atoms with E-state index in [2.05, 4.69) is 34.5 Å². The molecule has 4 nitrogen and oxygen atoms in total. The van der Waals surface area contributed by atoms with Crippen LogP contribution in [0.5, 0.6) is 0 Å². The van der Waals surface area contributed by atoms with Crippen LogP contribution in [0.4, 0.5) is 8.78 Å². The summed E-state index contributed by atoms with van der Waals surface area (Å²) in [6.45, 7) is 2.55. The van der Waals surface area contributed by atoms with Gasteiger partial charge >= 0.3 is 0 Å². The lowest BCUT2D eigenvalue weighted by Crippen LogP contribution is -2.44. The lowest BCUT2D eigenvalue weighted by atomic mass is 9.91. The van der Waals surface area contributed by atoms with Gasteiger partial charge in [0.25, 0.3) is 0 Å². The largest absolute Gasteiger partial charge is 0.313 e. The first-order valence-corrected chi connectivity index (χ1v) is 15.6. The highest BCUT2D eigenvalue weighted by Gasteiger charge is 2.35. The molecule has 0 amide bonds. The van der Waals surface area contributed by atoms with E-state index in [-0.39, 0.29) is 16.5 Å². The SMILES string of the molecule is CS(=O)(=O)C(=C1CN(C(c2ccc(Cl)cc2)c2ccc(CNCCCC3CC3)cc2)C1)c1cc(F)cc(F)c1. The first kappa shape index (κ1) is 28.0. The van der Waals surface area contributed by atoms with Crippen molar-refractivity contribution in [3.8, 4) is 0 Å². The van der Waals surface area contributed by atoms with Gasteiger partial charge in [0.1, 0.15) is 11.6 Å². The summed E-state index contributed by atoms with van der Waals surface area (Å²) in [6, 6.07) is 18.9. The standard InChI is InChI=1S/C31H33ClF2N2O2S/c1-39(37,38)31(25-15-28(33)17-29(34)16-25)26-19-36(20-26)30(24-10-12-27(32)13-11-24)23-8-6-22(7-9-23)18-35-14-2-3-21-4-5-21/h6-13,15-17,21,30,35H,2-5,14,18-20H2,1H3. The van der Waals surface area contributed by atoms with Crippen LogP contribution < -0.4 is 5.32 Å². The summed E-state index contributed by atoms with van der Waals surface area (Å²) in [7, 11) is -3.72. The van der Waals surface area contributed by atoms with Gasteiger partial charge in [-0.2, -0.15) is 0 Å². The zero-order valence-electron chi connectivity index (χ0n) is 22.0. The average molecular weight is 571 g/mol. The number of sulfone groups is 1. The predicted molar refractivity (Wildman–Crippen MR) is 153 cm³/mol. The molecule has 1 saturated carbocycles. The fourth-order valence-electron chi connectivity index (χ4n) is 5.37. The molecule has 206 valence electrons. The molecule has 2 fully saturated rings. The van der Waals surface area contributed by atoms with Crippen molar-refractivity contribution >= 4 is 26.3 Å². The first-order chi connectivity index (χ1) is 18.7. The van der Waals surface area contributed by atoms with Crippen LogP contribution in [-0.4, -0.2) is 39.2 Å². The van der Waals surface area contributed by atoms with Crippen molar-refractivity contribution in [2.45, 2.75) is 38.3 Å². The molecule has 0 spiro atoms. The fraction of sp³-hybridized carbons (Fsp3) is 0.355. The highest BCUT2D eigenvalue weighted by atomic mass is 35.5. The van der Waals surface area contributed by atoms with Gasteiger partial charge in [0.15, 0.2) is 9.84 Å². The summed E-state index contributed by atoms with van der Waals surface area (Å²) in [5.41, 5.74) is 3.99. The topological polar surface area (TPSA) is 49.4 Å². The van der Waals surface area contributed by atoms with Gasteiger partial charge in [-0.3, -0.25) is 4.90 Å². The van der Waals surface area contributed by atoms with Crippen LogP contribution in [0.2, 0.25) is 5.02 Å². The van der Waals surface area contributed by atoms with Crippen molar-refractivity contribution in [2.75, 3.05) is 25.9 Å². The van der Waals surface area contributed by atoms with E-state index in [1.807, 2.05) is 24.3 Å². The Morgan fingerprint density at radius 2 is 1.56 bits per heavy atom. The molecular weight excluding hydrogens is 538 g/mol. The van der Waals surface area contributed by atoms with E-state index in [0.717, 1.165) is 54.6 Å². The number of halogens is 3.